The van der Waals surface area contributed by atoms with E-state index >= 15 is 0 Å². The van der Waals surface area contributed by atoms with Crippen molar-refractivity contribution in [3.05, 3.63) is 0 Å². The van der Waals surface area contributed by atoms with Crippen LogP contribution in [0.5, 0.6) is 0 Å². The Bertz CT molecular complexity index is 192. The fourth-order valence-corrected chi connectivity index (χ4v) is 2.32. The molecule has 1 heterocycles. The van der Waals surface area contributed by atoms with Crippen molar-refractivity contribution in [3.63, 3.8) is 0 Å². The van der Waals surface area contributed by atoms with Crippen molar-refractivity contribution < 1.29 is 9.53 Å². The van der Waals surface area contributed by atoms with Gasteiger partial charge in [0.15, 0.2) is 0 Å². The lowest BCUT2D eigenvalue weighted by Crippen LogP contribution is -2.27. The number of esters is 1. The second-order valence-electron chi connectivity index (χ2n) is 3.65. The van der Waals surface area contributed by atoms with Crippen LogP contribution in [0.15, 0.2) is 0 Å². The monoisotopic (exact) mass is 155 g/mol. The van der Waals surface area contributed by atoms with E-state index in [1.807, 2.05) is 6.92 Å². The average molecular weight is 155 g/mol. The highest BCUT2D eigenvalue weighted by Crippen LogP contribution is 2.60. The molecule has 1 unspecified atom stereocenters. The van der Waals surface area contributed by atoms with E-state index in [2.05, 4.69) is 5.32 Å². The Kier molecular flexibility index (Phi) is 1.27. The molecule has 1 N–H and O–H groups in total. The Labute approximate surface area is 66.1 Å². The van der Waals surface area contributed by atoms with Crippen LogP contribution >= 0.6 is 0 Å². The largest absolute Gasteiger partial charge is 0.469 e. The molecule has 1 aliphatic heterocycles. The second kappa shape index (κ2) is 1.97. The summed E-state index contributed by atoms with van der Waals surface area (Å²) < 4.78 is 4.75. The summed E-state index contributed by atoms with van der Waals surface area (Å²) in [5.74, 6) is 1.04. The average Bonchev–Trinajstić information content (AvgIpc) is 2.51. The molecule has 0 radical (unpaired) electrons. The van der Waals surface area contributed by atoms with Crippen LogP contribution in [0.1, 0.15) is 6.92 Å². The Morgan fingerprint density at radius 1 is 1.55 bits per heavy atom. The zero-order chi connectivity index (χ0) is 8.06. The Hall–Kier alpha value is -0.570. The molecule has 0 aromatic heterocycles. The third-order valence-electron chi connectivity index (χ3n) is 3.27. The number of piperidine rings is 1. The van der Waals surface area contributed by atoms with Crippen LogP contribution in [0.4, 0.5) is 0 Å². The SMILES string of the molecule is COC(=O)C1(C)[C@@H]2CNC[C@@H]21. The lowest BCUT2D eigenvalue weighted by atomic mass is 10.0. The molecule has 3 heteroatoms. The van der Waals surface area contributed by atoms with Gasteiger partial charge in [-0.05, 0) is 31.8 Å². The molecule has 2 fully saturated rings. The van der Waals surface area contributed by atoms with Crippen molar-refractivity contribution in [1.29, 1.82) is 0 Å². The lowest BCUT2D eigenvalue weighted by Gasteiger charge is -2.11. The molecule has 2 rings (SSSR count). The minimum atomic E-state index is -0.153. The normalized spacial score (nSPS) is 46.7. The zero-order valence-corrected chi connectivity index (χ0v) is 6.89. The quantitative estimate of drug-likeness (QED) is 0.542. The summed E-state index contributed by atoms with van der Waals surface area (Å²) in [7, 11) is 1.47. The Morgan fingerprint density at radius 2 is 2.09 bits per heavy atom. The van der Waals surface area contributed by atoms with Gasteiger partial charge in [0.25, 0.3) is 0 Å². The van der Waals surface area contributed by atoms with Gasteiger partial charge in [-0.3, -0.25) is 4.79 Å². The van der Waals surface area contributed by atoms with Crippen LogP contribution < -0.4 is 5.32 Å². The van der Waals surface area contributed by atoms with Gasteiger partial charge in [0.2, 0.25) is 0 Å². The molecule has 3 atom stereocenters. The standard InChI is InChI=1S/C8H13NO2/c1-8(7(10)11-2)5-3-9-4-6(5)8/h5-6,9H,3-4H2,1-2H3/t5-,6+,8?. The zero-order valence-electron chi connectivity index (χ0n) is 6.89. The highest BCUT2D eigenvalue weighted by atomic mass is 16.5. The molecule has 1 saturated carbocycles. The molecule has 0 aromatic rings. The predicted molar refractivity (Wildman–Crippen MR) is 40.0 cm³/mol. The van der Waals surface area contributed by atoms with Crippen molar-refractivity contribution >= 4 is 5.97 Å². The van der Waals surface area contributed by atoms with E-state index in [1.165, 1.54) is 7.11 Å². The number of ether oxygens (including phenoxy) is 1. The smallest absolute Gasteiger partial charge is 0.312 e. The highest BCUT2D eigenvalue weighted by Gasteiger charge is 2.68. The Balaban J connectivity index is 2.10. The van der Waals surface area contributed by atoms with Crippen molar-refractivity contribution in [2.45, 2.75) is 6.92 Å². The van der Waals surface area contributed by atoms with E-state index in [-0.39, 0.29) is 11.4 Å². The molecule has 0 bridgehead atoms. The number of methoxy groups -OCH3 is 1. The lowest BCUT2D eigenvalue weighted by molar-refractivity contribution is -0.147. The van der Waals surface area contributed by atoms with Gasteiger partial charge >= 0.3 is 5.97 Å². The topological polar surface area (TPSA) is 38.3 Å². The number of carbonyl (C=O) groups excluding carboxylic acids is 1. The fourth-order valence-electron chi connectivity index (χ4n) is 2.32. The first-order valence-corrected chi connectivity index (χ1v) is 4.00. The maximum atomic E-state index is 11.3. The maximum Gasteiger partial charge on any atom is 0.312 e. The van der Waals surface area contributed by atoms with Gasteiger partial charge < -0.3 is 10.1 Å². The van der Waals surface area contributed by atoms with Gasteiger partial charge in [-0.2, -0.15) is 0 Å². The van der Waals surface area contributed by atoms with Crippen LogP contribution in [0.3, 0.4) is 0 Å². The van der Waals surface area contributed by atoms with Crippen LogP contribution in [0, 0.1) is 17.3 Å². The summed E-state index contributed by atoms with van der Waals surface area (Å²) in [4.78, 5) is 11.3. The summed E-state index contributed by atoms with van der Waals surface area (Å²) in [6.07, 6.45) is 0. The number of nitrogens with one attached hydrogen (secondary N) is 1. The van der Waals surface area contributed by atoms with Crippen molar-refractivity contribution in [1.82, 2.24) is 5.32 Å². The third-order valence-corrected chi connectivity index (χ3v) is 3.27. The number of rotatable bonds is 1. The molecule has 2 aliphatic rings. The van der Waals surface area contributed by atoms with Gasteiger partial charge in [-0.25, -0.2) is 0 Å². The summed E-state index contributed by atoms with van der Waals surface area (Å²) in [6.45, 7) is 3.97. The molecule has 3 nitrogen and oxygen atoms in total. The van der Waals surface area contributed by atoms with Gasteiger partial charge in [-0.15, -0.1) is 0 Å². The van der Waals surface area contributed by atoms with Crippen molar-refractivity contribution in [2.24, 2.45) is 17.3 Å². The van der Waals surface area contributed by atoms with Crippen molar-refractivity contribution in [2.75, 3.05) is 20.2 Å². The second-order valence-corrected chi connectivity index (χ2v) is 3.65. The van der Waals surface area contributed by atoms with E-state index < -0.39 is 0 Å². The van der Waals surface area contributed by atoms with Gasteiger partial charge in [-0.1, -0.05) is 0 Å². The highest BCUT2D eigenvalue weighted by molar-refractivity contribution is 5.81. The molecule has 0 aromatic carbocycles. The molecule has 0 amide bonds. The Morgan fingerprint density at radius 3 is 2.55 bits per heavy atom. The van der Waals surface area contributed by atoms with Gasteiger partial charge in [0.05, 0.1) is 12.5 Å². The number of carbonyl (C=O) groups is 1. The molecule has 62 valence electrons. The number of fused-ring (bicyclic) bond motifs is 1. The first-order valence-electron chi connectivity index (χ1n) is 4.00. The van der Waals surface area contributed by atoms with E-state index in [0.29, 0.717) is 11.8 Å². The first-order chi connectivity index (χ1) is 5.21. The summed E-state index contributed by atoms with van der Waals surface area (Å²) in [5, 5.41) is 3.25. The molecule has 0 spiro atoms. The van der Waals surface area contributed by atoms with Gasteiger partial charge in [0.1, 0.15) is 0 Å². The predicted octanol–water partition coefficient (Wildman–Crippen LogP) is 0.0149. The van der Waals surface area contributed by atoms with Crippen LogP contribution in [0.2, 0.25) is 0 Å². The summed E-state index contributed by atoms with van der Waals surface area (Å²) in [5.41, 5.74) is -0.153. The summed E-state index contributed by atoms with van der Waals surface area (Å²) in [6, 6.07) is 0. The van der Waals surface area contributed by atoms with Crippen LogP contribution in [0.25, 0.3) is 0 Å². The number of hydrogen-bond acceptors (Lipinski definition) is 3. The van der Waals surface area contributed by atoms with Crippen molar-refractivity contribution in [3.8, 4) is 0 Å². The van der Waals surface area contributed by atoms with E-state index in [4.69, 9.17) is 4.74 Å². The van der Waals surface area contributed by atoms with E-state index in [1.54, 1.807) is 0 Å². The van der Waals surface area contributed by atoms with Gasteiger partial charge in [0, 0.05) is 0 Å². The summed E-state index contributed by atoms with van der Waals surface area (Å²) >= 11 is 0. The fraction of sp³-hybridized carbons (Fsp3) is 0.875. The van der Waals surface area contributed by atoms with Crippen LogP contribution in [-0.2, 0) is 9.53 Å². The van der Waals surface area contributed by atoms with E-state index in [0.717, 1.165) is 13.1 Å². The minimum Gasteiger partial charge on any atom is -0.469 e. The molecule has 11 heavy (non-hydrogen) atoms. The molecule has 1 saturated heterocycles. The first kappa shape index (κ1) is 7.10. The van der Waals surface area contributed by atoms with Crippen LogP contribution in [-0.4, -0.2) is 26.2 Å². The molecule has 1 aliphatic carbocycles. The van der Waals surface area contributed by atoms with E-state index in [9.17, 15) is 4.79 Å². The molecular formula is C8H13NO2. The number of hydrogen-bond donors (Lipinski definition) is 1. The molecular weight excluding hydrogens is 142 g/mol. The third kappa shape index (κ3) is 0.692. The maximum absolute atomic E-state index is 11.3. The minimum absolute atomic E-state index is 0.0333.